The molecule has 0 fully saturated rings. The Labute approximate surface area is 131 Å². The van der Waals surface area contributed by atoms with Crippen LogP contribution in [0.3, 0.4) is 0 Å². The Balaban J connectivity index is 2.42. The Hall–Kier alpha value is -1.84. The van der Waals surface area contributed by atoms with Crippen molar-refractivity contribution in [2.24, 2.45) is 5.92 Å². The highest BCUT2D eigenvalue weighted by atomic mass is 16.5. The predicted octanol–water partition coefficient (Wildman–Crippen LogP) is 3.22. The Kier molecular flexibility index (Phi) is 5.22. The minimum atomic E-state index is -0.164. The van der Waals surface area contributed by atoms with Crippen molar-refractivity contribution in [3.05, 3.63) is 28.3 Å². The molecular weight excluding hydrogens is 280 g/mol. The summed E-state index contributed by atoms with van der Waals surface area (Å²) in [7, 11) is 0. The maximum Gasteiger partial charge on any atom is 0.309 e. The minimum Gasteiger partial charge on any atom is -0.507 e. The van der Waals surface area contributed by atoms with Gasteiger partial charge in [-0.2, -0.15) is 0 Å². The molecule has 1 atom stereocenters. The summed E-state index contributed by atoms with van der Waals surface area (Å²) >= 11 is 0. The van der Waals surface area contributed by atoms with Gasteiger partial charge >= 0.3 is 5.97 Å². The van der Waals surface area contributed by atoms with Crippen molar-refractivity contribution in [2.75, 3.05) is 6.61 Å². The molecule has 1 aromatic rings. The normalized spacial score (nSPS) is 17.0. The van der Waals surface area contributed by atoms with Gasteiger partial charge in [0.1, 0.15) is 5.75 Å². The first-order valence-corrected chi connectivity index (χ1v) is 8.03. The van der Waals surface area contributed by atoms with Crippen molar-refractivity contribution < 1.29 is 19.4 Å². The summed E-state index contributed by atoms with van der Waals surface area (Å²) in [6.07, 6.45) is 3.73. The fourth-order valence-corrected chi connectivity index (χ4v) is 3.26. The van der Waals surface area contributed by atoms with Crippen molar-refractivity contribution in [3.8, 4) is 5.75 Å². The molecule has 1 aliphatic carbocycles. The molecule has 1 aliphatic rings. The van der Waals surface area contributed by atoms with Gasteiger partial charge in [0, 0.05) is 0 Å². The first kappa shape index (κ1) is 16.5. The van der Waals surface area contributed by atoms with Gasteiger partial charge in [0.25, 0.3) is 0 Å². The summed E-state index contributed by atoms with van der Waals surface area (Å²) in [5, 5.41) is 10.4. The van der Waals surface area contributed by atoms with E-state index in [4.69, 9.17) is 4.74 Å². The second-order valence-corrected chi connectivity index (χ2v) is 5.89. The van der Waals surface area contributed by atoms with Crippen LogP contribution in [0.5, 0.6) is 5.75 Å². The topological polar surface area (TPSA) is 63.6 Å². The third-order valence-electron chi connectivity index (χ3n) is 4.32. The maximum absolute atomic E-state index is 12.0. The molecule has 1 aromatic carbocycles. The van der Waals surface area contributed by atoms with E-state index in [1.54, 1.807) is 13.0 Å². The van der Waals surface area contributed by atoms with E-state index >= 15 is 0 Å². The van der Waals surface area contributed by atoms with Crippen LogP contribution >= 0.6 is 0 Å². The molecule has 1 N–H and O–H groups in total. The first-order valence-electron chi connectivity index (χ1n) is 8.03. The van der Waals surface area contributed by atoms with Gasteiger partial charge in [-0.25, -0.2) is 0 Å². The van der Waals surface area contributed by atoms with E-state index in [9.17, 15) is 14.7 Å². The summed E-state index contributed by atoms with van der Waals surface area (Å²) in [6.45, 7) is 5.71. The lowest BCUT2D eigenvalue weighted by Crippen LogP contribution is -2.25. The summed E-state index contributed by atoms with van der Waals surface area (Å²) in [6, 6.07) is 1.76. The molecule has 0 bridgehead atoms. The summed E-state index contributed by atoms with van der Waals surface area (Å²) in [4.78, 5) is 23.7. The number of carbonyl (C=O) groups excluding carboxylic acids is 2. The van der Waals surface area contributed by atoms with Gasteiger partial charge in [-0.1, -0.05) is 13.3 Å². The molecular formula is C18H24O4. The lowest BCUT2D eigenvalue weighted by atomic mass is 9.79. The maximum atomic E-state index is 12.0. The second-order valence-electron chi connectivity index (χ2n) is 5.89. The average Bonchev–Trinajstić information content (AvgIpc) is 2.49. The van der Waals surface area contributed by atoms with Gasteiger partial charge in [-0.3, -0.25) is 9.59 Å². The molecule has 2 rings (SSSR count). The van der Waals surface area contributed by atoms with Crippen LogP contribution in [0, 0.1) is 5.92 Å². The summed E-state index contributed by atoms with van der Waals surface area (Å²) in [5.41, 5.74) is 3.37. The van der Waals surface area contributed by atoms with E-state index in [1.165, 1.54) is 6.92 Å². The van der Waals surface area contributed by atoms with E-state index < -0.39 is 0 Å². The lowest BCUT2D eigenvalue weighted by molar-refractivity contribution is -0.148. The van der Waals surface area contributed by atoms with Crippen molar-refractivity contribution in [2.45, 2.75) is 52.9 Å². The zero-order valence-corrected chi connectivity index (χ0v) is 13.6. The van der Waals surface area contributed by atoms with Gasteiger partial charge < -0.3 is 9.84 Å². The standard InChI is InChI=1S/C18H24O4/c1-4-6-15-14-8-7-12(18(21)22-5-2)9-13(14)10-16(11(3)19)17(15)20/h10,12,20H,4-9H2,1-3H3. The molecule has 4 nitrogen and oxygen atoms in total. The number of fused-ring (bicyclic) bond motifs is 1. The van der Waals surface area contributed by atoms with Crippen molar-refractivity contribution in [1.82, 2.24) is 0 Å². The largest absolute Gasteiger partial charge is 0.507 e. The van der Waals surface area contributed by atoms with Crippen LogP contribution in [0.15, 0.2) is 6.07 Å². The van der Waals surface area contributed by atoms with E-state index in [-0.39, 0.29) is 23.4 Å². The zero-order valence-electron chi connectivity index (χ0n) is 13.6. The summed E-state index contributed by atoms with van der Waals surface area (Å²) in [5.74, 6) is -0.326. The predicted molar refractivity (Wildman–Crippen MR) is 84.3 cm³/mol. The molecule has 0 saturated carbocycles. The summed E-state index contributed by atoms with van der Waals surface area (Å²) < 4.78 is 5.12. The number of esters is 1. The first-order chi connectivity index (χ1) is 10.5. The number of phenolic OH excluding ortho intramolecular Hbond substituents is 1. The molecule has 0 amide bonds. The van der Waals surface area contributed by atoms with Crippen molar-refractivity contribution in [3.63, 3.8) is 0 Å². The van der Waals surface area contributed by atoms with E-state index in [1.807, 2.05) is 0 Å². The van der Waals surface area contributed by atoms with Gasteiger partial charge in [0.2, 0.25) is 0 Å². The molecule has 4 heteroatoms. The Morgan fingerprint density at radius 1 is 1.36 bits per heavy atom. The monoisotopic (exact) mass is 304 g/mol. The second kappa shape index (κ2) is 6.95. The van der Waals surface area contributed by atoms with Gasteiger partial charge in [-0.05, 0) is 62.3 Å². The number of hydrogen-bond acceptors (Lipinski definition) is 4. The fourth-order valence-electron chi connectivity index (χ4n) is 3.26. The molecule has 0 saturated heterocycles. The Bertz CT molecular complexity index is 589. The quantitative estimate of drug-likeness (QED) is 0.670. The van der Waals surface area contributed by atoms with Gasteiger partial charge in [0.15, 0.2) is 5.78 Å². The zero-order chi connectivity index (χ0) is 16.3. The number of ether oxygens (including phenoxy) is 1. The minimum absolute atomic E-state index is 0.127. The number of phenols is 1. The van der Waals surface area contributed by atoms with Crippen LogP contribution < -0.4 is 0 Å². The van der Waals surface area contributed by atoms with Crippen LogP contribution in [0.25, 0.3) is 0 Å². The molecule has 0 aliphatic heterocycles. The molecule has 0 aromatic heterocycles. The van der Waals surface area contributed by atoms with Crippen LogP contribution in [-0.4, -0.2) is 23.5 Å². The number of ketones is 1. The molecule has 120 valence electrons. The SMILES string of the molecule is CCCc1c(O)c(C(C)=O)cc2c1CCC(C(=O)OCC)C2. The van der Waals surface area contributed by atoms with Crippen LogP contribution in [0.1, 0.15) is 60.7 Å². The van der Waals surface area contributed by atoms with Crippen molar-refractivity contribution in [1.29, 1.82) is 0 Å². The van der Waals surface area contributed by atoms with Crippen LogP contribution in [0.4, 0.5) is 0 Å². The number of aromatic hydroxyl groups is 1. The highest BCUT2D eigenvalue weighted by molar-refractivity contribution is 5.97. The highest BCUT2D eigenvalue weighted by Crippen LogP contribution is 2.36. The smallest absolute Gasteiger partial charge is 0.309 e. The van der Waals surface area contributed by atoms with E-state index in [0.29, 0.717) is 18.6 Å². The molecule has 0 heterocycles. The number of hydrogen-bond donors (Lipinski definition) is 1. The number of carbonyl (C=O) groups is 2. The molecule has 22 heavy (non-hydrogen) atoms. The van der Waals surface area contributed by atoms with Crippen LogP contribution in [0.2, 0.25) is 0 Å². The molecule has 0 radical (unpaired) electrons. The number of rotatable bonds is 5. The number of Topliss-reactive ketones (excluding diaryl/α,β-unsaturated/α-hetero) is 1. The van der Waals surface area contributed by atoms with E-state index in [2.05, 4.69) is 6.92 Å². The Morgan fingerprint density at radius 2 is 2.09 bits per heavy atom. The Morgan fingerprint density at radius 3 is 2.68 bits per heavy atom. The lowest BCUT2D eigenvalue weighted by Gasteiger charge is -2.26. The fraction of sp³-hybridized carbons (Fsp3) is 0.556. The number of benzene rings is 1. The van der Waals surface area contributed by atoms with Crippen molar-refractivity contribution >= 4 is 11.8 Å². The van der Waals surface area contributed by atoms with E-state index in [0.717, 1.165) is 42.4 Å². The average molecular weight is 304 g/mol. The van der Waals surface area contributed by atoms with Gasteiger partial charge in [-0.15, -0.1) is 0 Å². The van der Waals surface area contributed by atoms with Crippen LogP contribution in [-0.2, 0) is 28.8 Å². The molecule has 1 unspecified atom stereocenters. The third kappa shape index (κ3) is 3.16. The van der Waals surface area contributed by atoms with Gasteiger partial charge in [0.05, 0.1) is 18.1 Å². The molecule has 0 spiro atoms. The third-order valence-corrected chi connectivity index (χ3v) is 4.32. The highest BCUT2D eigenvalue weighted by Gasteiger charge is 2.29.